The zero-order chi connectivity index (χ0) is 22.5. The Morgan fingerprint density at radius 3 is 2.72 bits per heavy atom. The van der Waals surface area contributed by atoms with Crippen LogP contribution in [0.15, 0.2) is 58.9 Å². The van der Waals surface area contributed by atoms with Crippen molar-refractivity contribution < 1.29 is 14.3 Å². The Morgan fingerprint density at radius 1 is 1.22 bits per heavy atom. The van der Waals surface area contributed by atoms with Gasteiger partial charge in [0.25, 0.3) is 11.8 Å². The number of amides is 2. The normalized spacial score (nSPS) is 16.3. The summed E-state index contributed by atoms with van der Waals surface area (Å²) in [5, 5.41) is 5.28. The van der Waals surface area contributed by atoms with Crippen molar-refractivity contribution in [1.82, 2.24) is 9.88 Å². The van der Waals surface area contributed by atoms with Crippen LogP contribution >= 0.6 is 22.9 Å². The lowest BCUT2D eigenvalue weighted by Crippen LogP contribution is -2.31. The van der Waals surface area contributed by atoms with E-state index in [-0.39, 0.29) is 17.9 Å². The molecule has 1 saturated heterocycles. The zero-order valence-electron chi connectivity index (χ0n) is 17.7. The number of nitrogens with one attached hydrogen (secondary N) is 1. The number of benzene rings is 2. The number of thiazole rings is 1. The molecule has 4 rings (SSSR count). The lowest BCUT2D eigenvalue weighted by molar-refractivity contribution is 0.0857. The number of rotatable bonds is 6. The van der Waals surface area contributed by atoms with Gasteiger partial charge in [0.2, 0.25) is 0 Å². The summed E-state index contributed by atoms with van der Waals surface area (Å²) in [5.41, 5.74) is 3.00. The molecule has 32 heavy (non-hydrogen) atoms. The van der Waals surface area contributed by atoms with E-state index in [1.54, 1.807) is 24.3 Å². The molecule has 6 nitrogen and oxygen atoms in total. The lowest BCUT2D eigenvalue weighted by atomic mass is 10.1. The number of carbonyl (C=O) groups excluding carboxylic acids is 2. The van der Waals surface area contributed by atoms with Gasteiger partial charge in [-0.05, 0) is 49.6 Å². The third-order valence-corrected chi connectivity index (χ3v) is 6.68. The van der Waals surface area contributed by atoms with E-state index in [9.17, 15) is 9.59 Å². The van der Waals surface area contributed by atoms with E-state index in [2.05, 4.69) is 10.3 Å². The van der Waals surface area contributed by atoms with Crippen molar-refractivity contribution in [2.45, 2.75) is 32.4 Å². The van der Waals surface area contributed by atoms with E-state index in [0.717, 1.165) is 30.7 Å². The summed E-state index contributed by atoms with van der Waals surface area (Å²) in [6.07, 6.45) is 2.16. The Labute approximate surface area is 195 Å². The third-order valence-electron chi connectivity index (χ3n) is 5.36. The van der Waals surface area contributed by atoms with Crippen LogP contribution in [0.4, 0.5) is 0 Å². The Hall–Kier alpha value is -2.74. The molecule has 1 aromatic heterocycles. The number of aryl methyl sites for hydroxylation is 1. The lowest BCUT2D eigenvalue weighted by Gasteiger charge is -2.11. The van der Waals surface area contributed by atoms with Crippen LogP contribution < -0.4 is 10.1 Å². The summed E-state index contributed by atoms with van der Waals surface area (Å²) in [5.74, 6) is -0.475. The molecule has 8 heteroatoms. The number of nitrogens with zero attached hydrogens (tertiary/aromatic N) is 2. The third kappa shape index (κ3) is 5.35. The standard InChI is InChI=1S/C24H24ClN3O3S/c1-16-15-32-24(27-23(30)20-6-2-3-7-21(20)25)28(16)14-17-8-10-18(11-9-17)22(29)26-13-19-5-4-12-31-19/h2-3,6-11,15,19H,4-5,12-14H2,1H3,(H,26,29)/t19-/m0/s1. The average Bonchev–Trinajstić information content (AvgIpc) is 3.44. The minimum atomic E-state index is -0.371. The molecule has 2 amide bonds. The number of halogens is 1. The number of aromatic nitrogens is 1. The van der Waals surface area contributed by atoms with E-state index < -0.39 is 0 Å². The molecule has 1 N–H and O–H groups in total. The molecule has 0 saturated carbocycles. The Kier molecular flexibility index (Phi) is 7.19. The molecule has 0 unspecified atom stereocenters. The fourth-order valence-electron chi connectivity index (χ4n) is 3.53. The highest BCUT2D eigenvalue weighted by molar-refractivity contribution is 7.07. The first-order chi connectivity index (χ1) is 15.5. The Balaban J connectivity index is 1.46. The zero-order valence-corrected chi connectivity index (χ0v) is 19.3. The van der Waals surface area contributed by atoms with Crippen molar-refractivity contribution in [2.75, 3.05) is 13.2 Å². The monoisotopic (exact) mass is 469 g/mol. The number of hydrogen-bond donors (Lipinski definition) is 1. The summed E-state index contributed by atoms with van der Waals surface area (Å²) in [6.45, 7) is 3.83. The largest absolute Gasteiger partial charge is 0.376 e. The van der Waals surface area contributed by atoms with Gasteiger partial charge in [0.15, 0.2) is 4.80 Å². The van der Waals surface area contributed by atoms with Crippen molar-refractivity contribution in [1.29, 1.82) is 0 Å². The summed E-state index contributed by atoms with van der Waals surface area (Å²) < 4.78 is 7.52. The second kappa shape index (κ2) is 10.3. The van der Waals surface area contributed by atoms with Crippen LogP contribution in [-0.2, 0) is 11.3 Å². The molecule has 1 aliphatic rings. The van der Waals surface area contributed by atoms with Gasteiger partial charge in [-0.25, -0.2) is 0 Å². The molecule has 0 spiro atoms. The average molecular weight is 470 g/mol. The summed E-state index contributed by atoms with van der Waals surface area (Å²) in [7, 11) is 0. The smallest absolute Gasteiger partial charge is 0.281 e. The first-order valence-corrected chi connectivity index (χ1v) is 11.7. The fourth-order valence-corrected chi connectivity index (χ4v) is 4.63. The molecule has 1 fully saturated rings. The summed E-state index contributed by atoms with van der Waals surface area (Å²) >= 11 is 7.54. The molecular weight excluding hydrogens is 446 g/mol. The number of carbonyl (C=O) groups is 2. The predicted molar refractivity (Wildman–Crippen MR) is 125 cm³/mol. The van der Waals surface area contributed by atoms with Crippen LogP contribution in [0.3, 0.4) is 0 Å². The second-order valence-electron chi connectivity index (χ2n) is 7.68. The molecule has 1 atom stereocenters. The van der Waals surface area contributed by atoms with Gasteiger partial charge < -0.3 is 14.6 Å². The van der Waals surface area contributed by atoms with Crippen LogP contribution in [0.25, 0.3) is 0 Å². The number of ether oxygens (including phenoxy) is 1. The minimum absolute atomic E-state index is 0.104. The molecule has 0 bridgehead atoms. The van der Waals surface area contributed by atoms with Crippen molar-refractivity contribution >= 4 is 34.8 Å². The highest BCUT2D eigenvalue weighted by Crippen LogP contribution is 2.16. The Morgan fingerprint density at radius 2 is 2.00 bits per heavy atom. The topological polar surface area (TPSA) is 72.7 Å². The SMILES string of the molecule is Cc1csc(=NC(=O)c2ccccc2Cl)n1Cc1ccc(C(=O)NC[C@@H]2CCCO2)cc1. The molecule has 2 aromatic carbocycles. The Bertz CT molecular complexity index is 1180. The van der Waals surface area contributed by atoms with Gasteiger partial charge >= 0.3 is 0 Å². The summed E-state index contributed by atoms with van der Waals surface area (Å²) in [4.78, 5) is 29.9. The van der Waals surface area contributed by atoms with Gasteiger partial charge in [-0.1, -0.05) is 35.9 Å². The maximum atomic E-state index is 12.6. The summed E-state index contributed by atoms with van der Waals surface area (Å²) in [6, 6.07) is 14.4. The van der Waals surface area contributed by atoms with E-state index >= 15 is 0 Å². The van der Waals surface area contributed by atoms with Crippen molar-refractivity contribution in [2.24, 2.45) is 4.99 Å². The van der Waals surface area contributed by atoms with Crippen LogP contribution in [-0.4, -0.2) is 35.6 Å². The van der Waals surface area contributed by atoms with Gasteiger partial charge in [0.1, 0.15) is 0 Å². The molecule has 1 aliphatic heterocycles. The van der Waals surface area contributed by atoms with Gasteiger partial charge in [-0.15, -0.1) is 11.3 Å². The quantitative estimate of drug-likeness (QED) is 0.587. The van der Waals surface area contributed by atoms with Crippen molar-refractivity contribution in [3.05, 3.63) is 86.1 Å². The van der Waals surface area contributed by atoms with Crippen LogP contribution in [0.1, 0.15) is 44.8 Å². The molecule has 2 heterocycles. The second-order valence-corrected chi connectivity index (χ2v) is 8.93. The maximum Gasteiger partial charge on any atom is 0.281 e. The van der Waals surface area contributed by atoms with E-state index in [0.29, 0.717) is 34.0 Å². The first kappa shape index (κ1) is 22.5. The fraction of sp³-hybridized carbons (Fsp3) is 0.292. The molecule has 166 valence electrons. The highest BCUT2D eigenvalue weighted by atomic mass is 35.5. The maximum absolute atomic E-state index is 12.6. The van der Waals surface area contributed by atoms with Crippen molar-refractivity contribution in [3.8, 4) is 0 Å². The highest BCUT2D eigenvalue weighted by Gasteiger charge is 2.17. The molecule has 3 aromatic rings. The van der Waals surface area contributed by atoms with Crippen molar-refractivity contribution in [3.63, 3.8) is 0 Å². The first-order valence-electron chi connectivity index (χ1n) is 10.5. The predicted octanol–water partition coefficient (Wildman–Crippen LogP) is 4.21. The molecular formula is C24H24ClN3O3S. The van der Waals surface area contributed by atoms with E-state index in [1.807, 2.05) is 41.1 Å². The molecule has 0 radical (unpaired) electrons. The number of hydrogen-bond acceptors (Lipinski definition) is 4. The van der Waals surface area contributed by atoms with Gasteiger partial charge in [0.05, 0.1) is 23.2 Å². The van der Waals surface area contributed by atoms with Crippen LogP contribution in [0.5, 0.6) is 0 Å². The minimum Gasteiger partial charge on any atom is -0.376 e. The van der Waals surface area contributed by atoms with Gasteiger partial charge in [-0.2, -0.15) is 4.99 Å². The van der Waals surface area contributed by atoms with Gasteiger partial charge in [-0.3, -0.25) is 9.59 Å². The van der Waals surface area contributed by atoms with E-state index in [4.69, 9.17) is 16.3 Å². The molecule has 0 aliphatic carbocycles. The van der Waals surface area contributed by atoms with Crippen LogP contribution in [0, 0.1) is 6.92 Å². The van der Waals surface area contributed by atoms with Gasteiger partial charge in [0, 0.05) is 29.8 Å². The van der Waals surface area contributed by atoms with E-state index in [1.165, 1.54) is 11.3 Å². The van der Waals surface area contributed by atoms with Crippen LogP contribution in [0.2, 0.25) is 5.02 Å².